The average Bonchev–Trinajstić information content (AvgIpc) is 2.40. The number of ether oxygens (including phenoxy) is 1. The van der Waals surface area contributed by atoms with Crippen LogP contribution in [0, 0.1) is 5.92 Å². The number of esters is 1. The van der Waals surface area contributed by atoms with Crippen molar-refractivity contribution in [2.45, 2.75) is 52.5 Å². The molecule has 4 heteroatoms. The number of nitrogens with zero attached hydrogens (tertiary/aromatic N) is 1. The number of methoxy groups -OCH3 is 1. The molecule has 0 aliphatic carbocycles. The van der Waals surface area contributed by atoms with E-state index in [1.807, 2.05) is 14.0 Å². The van der Waals surface area contributed by atoms with Crippen molar-refractivity contribution in [1.82, 2.24) is 10.2 Å². The summed E-state index contributed by atoms with van der Waals surface area (Å²) in [7, 11) is 3.26. The first-order chi connectivity index (χ1) is 8.89. The molecule has 114 valence electrons. The molecule has 1 unspecified atom stereocenters. The molecule has 1 atom stereocenters. The Kier molecular flexibility index (Phi) is 9.02. The van der Waals surface area contributed by atoms with Crippen LogP contribution in [0.25, 0.3) is 0 Å². The molecule has 0 saturated heterocycles. The summed E-state index contributed by atoms with van der Waals surface area (Å²) in [4.78, 5) is 14.2. The van der Waals surface area contributed by atoms with Gasteiger partial charge in [0.05, 0.1) is 7.11 Å². The molecule has 0 saturated carbocycles. The smallest absolute Gasteiger partial charge is 0.325 e. The molecule has 0 spiro atoms. The fraction of sp³-hybridized carbons (Fsp3) is 0.933. The van der Waals surface area contributed by atoms with Gasteiger partial charge >= 0.3 is 5.97 Å². The number of carbonyl (C=O) groups is 1. The van der Waals surface area contributed by atoms with Gasteiger partial charge in [-0.1, -0.05) is 20.8 Å². The summed E-state index contributed by atoms with van der Waals surface area (Å²) in [6, 6.07) is 0. The highest BCUT2D eigenvalue weighted by Gasteiger charge is 2.31. The van der Waals surface area contributed by atoms with Crippen LogP contribution in [0.1, 0.15) is 47.0 Å². The number of hydrogen-bond donors (Lipinski definition) is 1. The van der Waals surface area contributed by atoms with Crippen molar-refractivity contribution in [1.29, 1.82) is 0 Å². The van der Waals surface area contributed by atoms with Gasteiger partial charge in [0.15, 0.2) is 0 Å². The number of rotatable bonds is 10. The first kappa shape index (κ1) is 18.4. The molecule has 1 N–H and O–H groups in total. The Morgan fingerprint density at radius 1 is 1.37 bits per heavy atom. The second kappa shape index (κ2) is 9.32. The van der Waals surface area contributed by atoms with Crippen LogP contribution in [0.4, 0.5) is 0 Å². The Bertz CT molecular complexity index is 257. The van der Waals surface area contributed by atoms with Crippen LogP contribution in [0.5, 0.6) is 0 Å². The number of likely N-dealkylation sites (N-methyl/N-ethyl adjacent to an activating group) is 1. The zero-order valence-electron chi connectivity index (χ0n) is 13.6. The van der Waals surface area contributed by atoms with E-state index in [9.17, 15) is 4.79 Å². The lowest BCUT2D eigenvalue weighted by Crippen LogP contribution is -2.48. The molecule has 0 rings (SSSR count). The predicted octanol–water partition coefficient (Wildman–Crippen LogP) is 2.29. The predicted molar refractivity (Wildman–Crippen MR) is 80.3 cm³/mol. The normalized spacial score (nSPS) is 14.7. The van der Waals surface area contributed by atoms with E-state index in [1.54, 1.807) is 0 Å². The van der Waals surface area contributed by atoms with Crippen molar-refractivity contribution in [2.24, 2.45) is 5.92 Å². The summed E-state index contributed by atoms with van der Waals surface area (Å²) in [6.45, 7) is 12.0. The van der Waals surface area contributed by atoms with Crippen molar-refractivity contribution >= 4 is 5.97 Å². The molecular weight excluding hydrogens is 240 g/mol. The highest BCUT2D eigenvalue weighted by atomic mass is 16.5. The highest BCUT2D eigenvalue weighted by molar-refractivity contribution is 5.80. The van der Waals surface area contributed by atoms with Gasteiger partial charge in [0, 0.05) is 6.54 Å². The van der Waals surface area contributed by atoms with Gasteiger partial charge in [-0.15, -0.1) is 0 Å². The molecule has 0 fully saturated rings. The van der Waals surface area contributed by atoms with E-state index in [-0.39, 0.29) is 5.97 Å². The molecular formula is C15H32N2O2. The zero-order valence-corrected chi connectivity index (χ0v) is 13.6. The van der Waals surface area contributed by atoms with Crippen molar-refractivity contribution < 1.29 is 9.53 Å². The molecule has 0 bridgehead atoms. The van der Waals surface area contributed by atoms with E-state index < -0.39 is 5.54 Å². The molecule has 0 aromatic carbocycles. The number of hydrogen-bond acceptors (Lipinski definition) is 4. The fourth-order valence-corrected chi connectivity index (χ4v) is 2.26. The Labute approximate surface area is 118 Å². The van der Waals surface area contributed by atoms with Gasteiger partial charge in [-0.3, -0.25) is 4.79 Å². The number of carbonyl (C=O) groups excluding carboxylic acids is 1. The van der Waals surface area contributed by atoms with Crippen molar-refractivity contribution in [3.63, 3.8) is 0 Å². The molecule has 19 heavy (non-hydrogen) atoms. The number of nitrogens with one attached hydrogen (secondary N) is 1. The van der Waals surface area contributed by atoms with Crippen molar-refractivity contribution in [3.05, 3.63) is 0 Å². The Hall–Kier alpha value is -0.610. The first-order valence-electron chi connectivity index (χ1n) is 7.39. The summed E-state index contributed by atoms with van der Waals surface area (Å²) in [5.74, 6) is 0.530. The van der Waals surface area contributed by atoms with Gasteiger partial charge in [0.2, 0.25) is 0 Å². The zero-order chi connectivity index (χ0) is 14.9. The largest absolute Gasteiger partial charge is 0.468 e. The summed E-state index contributed by atoms with van der Waals surface area (Å²) in [5.41, 5.74) is -0.552. The summed E-state index contributed by atoms with van der Waals surface area (Å²) >= 11 is 0. The maximum atomic E-state index is 11.7. The minimum absolute atomic E-state index is 0.176. The SMILES string of the molecule is CCN(CCCCC(C)(NC)C(=O)OC)CC(C)C. The van der Waals surface area contributed by atoms with Crippen LogP contribution >= 0.6 is 0 Å². The van der Waals surface area contributed by atoms with Gasteiger partial charge in [-0.25, -0.2) is 0 Å². The average molecular weight is 272 g/mol. The van der Waals surface area contributed by atoms with Gasteiger partial charge in [-0.05, 0) is 52.2 Å². The summed E-state index contributed by atoms with van der Waals surface area (Å²) < 4.78 is 4.85. The summed E-state index contributed by atoms with van der Waals surface area (Å²) in [6.07, 6.45) is 2.96. The Morgan fingerprint density at radius 2 is 2.00 bits per heavy atom. The second-order valence-corrected chi connectivity index (χ2v) is 5.82. The maximum absolute atomic E-state index is 11.7. The van der Waals surface area contributed by atoms with Crippen molar-refractivity contribution in [2.75, 3.05) is 33.8 Å². The van der Waals surface area contributed by atoms with Gasteiger partial charge in [0.25, 0.3) is 0 Å². The molecule has 0 aromatic rings. The van der Waals surface area contributed by atoms with E-state index in [2.05, 4.69) is 31.0 Å². The second-order valence-electron chi connectivity index (χ2n) is 5.82. The standard InChI is InChI=1S/C15H32N2O2/c1-7-17(12-13(2)3)11-9-8-10-15(4,16-5)14(18)19-6/h13,16H,7-12H2,1-6H3. The van der Waals surface area contributed by atoms with Crippen LogP contribution in [-0.2, 0) is 9.53 Å². The Balaban J connectivity index is 4.03. The van der Waals surface area contributed by atoms with Crippen LogP contribution in [-0.4, -0.2) is 50.2 Å². The quantitative estimate of drug-likeness (QED) is 0.489. The van der Waals surface area contributed by atoms with E-state index >= 15 is 0 Å². The van der Waals surface area contributed by atoms with Crippen LogP contribution in [0.15, 0.2) is 0 Å². The molecule has 0 heterocycles. The Morgan fingerprint density at radius 3 is 2.42 bits per heavy atom. The van der Waals surface area contributed by atoms with Crippen LogP contribution in [0.3, 0.4) is 0 Å². The minimum atomic E-state index is -0.552. The van der Waals surface area contributed by atoms with E-state index in [4.69, 9.17) is 4.74 Å². The summed E-state index contributed by atoms with van der Waals surface area (Å²) in [5, 5.41) is 3.08. The third-order valence-electron chi connectivity index (χ3n) is 3.66. The lowest BCUT2D eigenvalue weighted by Gasteiger charge is -2.27. The maximum Gasteiger partial charge on any atom is 0.325 e. The topological polar surface area (TPSA) is 41.6 Å². The monoisotopic (exact) mass is 272 g/mol. The van der Waals surface area contributed by atoms with Gasteiger partial charge in [0.1, 0.15) is 5.54 Å². The fourth-order valence-electron chi connectivity index (χ4n) is 2.26. The first-order valence-corrected chi connectivity index (χ1v) is 7.39. The molecule has 4 nitrogen and oxygen atoms in total. The van der Waals surface area contributed by atoms with E-state index in [0.29, 0.717) is 5.92 Å². The van der Waals surface area contributed by atoms with Crippen molar-refractivity contribution in [3.8, 4) is 0 Å². The van der Waals surface area contributed by atoms with E-state index in [0.717, 1.165) is 38.9 Å². The highest BCUT2D eigenvalue weighted by Crippen LogP contribution is 2.15. The van der Waals surface area contributed by atoms with Gasteiger partial charge in [-0.2, -0.15) is 0 Å². The molecule has 0 aliphatic heterocycles. The van der Waals surface area contributed by atoms with E-state index in [1.165, 1.54) is 7.11 Å². The lowest BCUT2D eigenvalue weighted by atomic mass is 9.95. The van der Waals surface area contributed by atoms with Gasteiger partial charge < -0.3 is 15.0 Å². The lowest BCUT2D eigenvalue weighted by molar-refractivity contribution is -0.148. The van der Waals surface area contributed by atoms with Crippen LogP contribution < -0.4 is 5.32 Å². The molecule has 0 aromatic heterocycles. The molecule has 0 amide bonds. The molecule has 0 radical (unpaired) electrons. The third-order valence-corrected chi connectivity index (χ3v) is 3.66. The molecule has 0 aliphatic rings. The van der Waals surface area contributed by atoms with Crippen LogP contribution in [0.2, 0.25) is 0 Å². The minimum Gasteiger partial charge on any atom is -0.468 e. The number of unbranched alkanes of at least 4 members (excludes halogenated alkanes) is 1. The third kappa shape index (κ3) is 6.92.